The molecule has 0 radical (unpaired) electrons. The molecule has 0 saturated heterocycles. The molecule has 0 aliphatic rings. The third-order valence-corrected chi connectivity index (χ3v) is 4.46. The van der Waals surface area contributed by atoms with E-state index in [4.69, 9.17) is 16.6 Å². The van der Waals surface area contributed by atoms with Gasteiger partial charge in [-0.2, -0.15) is 0 Å². The maximum Gasteiger partial charge on any atom is 0.132 e. The Hall–Kier alpha value is -1.07. The van der Waals surface area contributed by atoms with Gasteiger partial charge in [-0.3, -0.25) is 4.57 Å². The predicted octanol–water partition coefficient (Wildman–Crippen LogP) is 5.24. The quantitative estimate of drug-likeness (QED) is 0.428. The van der Waals surface area contributed by atoms with Gasteiger partial charge in [0.2, 0.25) is 0 Å². The topological polar surface area (TPSA) is 17.8 Å². The highest BCUT2D eigenvalue weighted by Crippen LogP contribution is 2.31. The smallest absolute Gasteiger partial charge is 0.132 e. The van der Waals surface area contributed by atoms with Crippen molar-refractivity contribution in [2.45, 2.75) is 19.2 Å². The highest BCUT2D eigenvalue weighted by atomic mass is 127. The van der Waals surface area contributed by atoms with Crippen LogP contribution in [0.5, 0.6) is 0 Å². The SMILES string of the molecule is Cc1cccc2nc(C(C)Cl)n(-c3ccccc3I)c12. The zero-order valence-corrected chi connectivity index (χ0v) is 14.2. The molecule has 1 aromatic heterocycles. The van der Waals surface area contributed by atoms with Gasteiger partial charge in [-0.1, -0.05) is 24.3 Å². The molecule has 102 valence electrons. The number of benzene rings is 2. The summed E-state index contributed by atoms with van der Waals surface area (Å²) in [5, 5.41) is -0.141. The monoisotopic (exact) mass is 396 g/mol. The Bertz CT molecular complexity index is 777. The van der Waals surface area contributed by atoms with E-state index in [1.54, 1.807) is 0 Å². The maximum atomic E-state index is 6.35. The third kappa shape index (κ3) is 2.23. The molecule has 0 spiro atoms. The standard InChI is InChI=1S/C16H14ClIN2/c1-10-6-5-8-13-15(10)20(16(19-13)11(2)17)14-9-4-3-7-12(14)18/h3-9,11H,1-2H3. The van der Waals surface area contributed by atoms with Gasteiger partial charge in [-0.25, -0.2) is 4.98 Å². The summed E-state index contributed by atoms with van der Waals surface area (Å²) in [5.41, 5.74) is 4.47. The fourth-order valence-corrected chi connectivity index (χ4v) is 3.23. The van der Waals surface area contributed by atoms with Crippen molar-refractivity contribution in [1.29, 1.82) is 0 Å². The van der Waals surface area contributed by atoms with E-state index in [9.17, 15) is 0 Å². The summed E-state index contributed by atoms with van der Waals surface area (Å²) in [6.07, 6.45) is 0. The Labute approximate surface area is 136 Å². The molecule has 3 aromatic rings. The Kier molecular flexibility index (Phi) is 3.73. The van der Waals surface area contributed by atoms with Crippen LogP contribution in [0.25, 0.3) is 16.7 Å². The van der Waals surface area contributed by atoms with Gasteiger partial charge >= 0.3 is 0 Å². The molecule has 3 rings (SSSR count). The van der Waals surface area contributed by atoms with E-state index in [2.05, 4.69) is 52.3 Å². The van der Waals surface area contributed by atoms with E-state index < -0.39 is 0 Å². The zero-order valence-electron chi connectivity index (χ0n) is 11.3. The van der Waals surface area contributed by atoms with Crippen molar-refractivity contribution in [3.8, 4) is 5.69 Å². The lowest BCUT2D eigenvalue weighted by Gasteiger charge is -2.13. The first kappa shape index (κ1) is 13.9. The van der Waals surface area contributed by atoms with Gasteiger partial charge in [0.15, 0.2) is 0 Å². The first-order valence-corrected chi connectivity index (χ1v) is 7.98. The van der Waals surface area contributed by atoms with Gasteiger partial charge < -0.3 is 0 Å². The Balaban J connectivity index is 2.44. The molecule has 0 fully saturated rings. The van der Waals surface area contributed by atoms with Gasteiger partial charge in [0.05, 0.1) is 22.1 Å². The molecule has 2 aromatic carbocycles. The number of imidazole rings is 1. The molecule has 0 N–H and O–H groups in total. The molecule has 0 aliphatic carbocycles. The van der Waals surface area contributed by atoms with Crippen LogP contribution in [-0.2, 0) is 0 Å². The molecule has 0 aliphatic heterocycles. The molecule has 1 heterocycles. The normalized spacial score (nSPS) is 12.8. The van der Waals surface area contributed by atoms with Crippen LogP contribution in [-0.4, -0.2) is 9.55 Å². The second-order valence-corrected chi connectivity index (χ2v) is 6.63. The molecule has 0 bridgehead atoms. The molecule has 4 heteroatoms. The fraction of sp³-hybridized carbons (Fsp3) is 0.188. The second kappa shape index (κ2) is 5.37. The van der Waals surface area contributed by atoms with Gasteiger partial charge in [0.1, 0.15) is 5.82 Å². The van der Waals surface area contributed by atoms with Crippen LogP contribution in [0.1, 0.15) is 23.7 Å². The molecule has 1 atom stereocenters. The molecule has 0 saturated carbocycles. The largest absolute Gasteiger partial charge is 0.294 e. The average molecular weight is 397 g/mol. The average Bonchev–Trinajstić information content (AvgIpc) is 2.80. The molecular weight excluding hydrogens is 383 g/mol. The van der Waals surface area contributed by atoms with Gasteiger partial charge in [-0.15, -0.1) is 11.6 Å². The van der Waals surface area contributed by atoms with Gasteiger partial charge in [-0.05, 0) is 60.2 Å². The van der Waals surface area contributed by atoms with E-state index in [1.807, 2.05) is 31.2 Å². The van der Waals surface area contributed by atoms with Crippen molar-refractivity contribution in [1.82, 2.24) is 9.55 Å². The number of halogens is 2. The zero-order chi connectivity index (χ0) is 14.3. The van der Waals surface area contributed by atoms with E-state index >= 15 is 0 Å². The van der Waals surface area contributed by atoms with Crippen molar-refractivity contribution in [2.24, 2.45) is 0 Å². The van der Waals surface area contributed by atoms with E-state index in [0.717, 1.165) is 22.5 Å². The Morgan fingerprint density at radius 1 is 1.15 bits per heavy atom. The Morgan fingerprint density at radius 2 is 1.90 bits per heavy atom. The first-order valence-electron chi connectivity index (χ1n) is 6.46. The van der Waals surface area contributed by atoms with Gasteiger partial charge in [0.25, 0.3) is 0 Å². The lowest BCUT2D eigenvalue weighted by Crippen LogP contribution is -2.04. The van der Waals surface area contributed by atoms with Crippen molar-refractivity contribution in [3.05, 3.63) is 57.4 Å². The lowest BCUT2D eigenvalue weighted by atomic mass is 10.2. The molecule has 0 amide bonds. The van der Waals surface area contributed by atoms with E-state index in [-0.39, 0.29) is 5.38 Å². The van der Waals surface area contributed by atoms with Crippen LogP contribution < -0.4 is 0 Å². The summed E-state index contributed by atoms with van der Waals surface area (Å²) in [7, 11) is 0. The molecule has 2 nitrogen and oxygen atoms in total. The lowest BCUT2D eigenvalue weighted by molar-refractivity contribution is 0.879. The molecular formula is C16H14ClIN2. The number of aromatic nitrogens is 2. The van der Waals surface area contributed by atoms with E-state index in [1.165, 1.54) is 9.13 Å². The van der Waals surface area contributed by atoms with Gasteiger partial charge in [0, 0.05) is 3.57 Å². The van der Waals surface area contributed by atoms with Crippen molar-refractivity contribution >= 4 is 45.2 Å². The third-order valence-electron chi connectivity index (χ3n) is 3.35. The number of rotatable bonds is 2. The van der Waals surface area contributed by atoms with Crippen molar-refractivity contribution in [3.63, 3.8) is 0 Å². The van der Waals surface area contributed by atoms with Crippen LogP contribution in [0.3, 0.4) is 0 Å². The number of aryl methyl sites for hydroxylation is 1. The predicted molar refractivity (Wildman–Crippen MR) is 92.8 cm³/mol. The summed E-state index contributed by atoms with van der Waals surface area (Å²) >= 11 is 8.70. The summed E-state index contributed by atoms with van der Waals surface area (Å²) in [6.45, 7) is 4.07. The minimum Gasteiger partial charge on any atom is -0.294 e. The summed E-state index contributed by atoms with van der Waals surface area (Å²) in [5.74, 6) is 0.889. The number of para-hydroxylation sites is 2. The number of nitrogens with zero attached hydrogens (tertiary/aromatic N) is 2. The number of hydrogen-bond donors (Lipinski definition) is 0. The fourth-order valence-electron chi connectivity index (χ4n) is 2.46. The minimum atomic E-state index is -0.141. The minimum absolute atomic E-state index is 0.141. The molecule has 20 heavy (non-hydrogen) atoms. The van der Waals surface area contributed by atoms with Crippen molar-refractivity contribution < 1.29 is 0 Å². The van der Waals surface area contributed by atoms with Crippen LogP contribution in [0, 0.1) is 10.5 Å². The van der Waals surface area contributed by atoms with Crippen LogP contribution in [0.15, 0.2) is 42.5 Å². The molecule has 1 unspecified atom stereocenters. The summed E-state index contributed by atoms with van der Waals surface area (Å²) in [4.78, 5) is 4.72. The highest BCUT2D eigenvalue weighted by molar-refractivity contribution is 14.1. The summed E-state index contributed by atoms with van der Waals surface area (Å²) < 4.78 is 3.37. The van der Waals surface area contributed by atoms with Crippen LogP contribution >= 0.6 is 34.2 Å². The number of hydrogen-bond acceptors (Lipinski definition) is 1. The number of alkyl halides is 1. The first-order chi connectivity index (χ1) is 9.59. The van der Waals surface area contributed by atoms with Crippen LogP contribution in [0.4, 0.5) is 0 Å². The number of fused-ring (bicyclic) bond motifs is 1. The summed E-state index contributed by atoms with van der Waals surface area (Å²) in [6, 6.07) is 14.5. The Morgan fingerprint density at radius 3 is 2.60 bits per heavy atom. The second-order valence-electron chi connectivity index (χ2n) is 4.82. The van der Waals surface area contributed by atoms with Crippen molar-refractivity contribution in [2.75, 3.05) is 0 Å². The van der Waals surface area contributed by atoms with Crippen LogP contribution in [0.2, 0.25) is 0 Å². The maximum absolute atomic E-state index is 6.35. The highest BCUT2D eigenvalue weighted by Gasteiger charge is 2.18. The van der Waals surface area contributed by atoms with E-state index in [0.29, 0.717) is 0 Å².